The second-order valence-electron chi connectivity index (χ2n) is 4.84. The number of carbonyl (C=O) groups excluding carboxylic acids is 2. The van der Waals surface area contributed by atoms with E-state index in [0.29, 0.717) is 0 Å². The van der Waals surface area contributed by atoms with Crippen molar-refractivity contribution in [2.45, 2.75) is 19.3 Å². The van der Waals surface area contributed by atoms with E-state index in [4.69, 9.17) is 15.9 Å². The third kappa shape index (κ3) is 12.0. The number of hydrogen-bond donors (Lipinski definition) is 5. The third-order valence-electron chi connectivity index (χ3n) is 2.74. The van der Waals surface area contributed by atoms with Gasteiger partial charge in [-0.3, -0.25) is 14.4 Å². The first-order valence-electron chi connectivity index (χ1n) is 7.43. The Morgan fingerprint density at radius 3 is 2.00 bits per heavy atom. The summed E-state index contributed by atoms with van der Waals surface area (Å²) < 4.78 is 31.0. The highest BCUT2D eigenvalue weighted by Crippen LogP contribution is 1.99. The zero-order chi connectivity index (χ0) is 20.2. The van der Waals surface area contributed by atoms with Gasteiger partial charge in [-0.05, 0) is 0 Å². The van der Waals surface area contributed by atoms with Gasteiger partial charge < -0.3 is 25.6 Å². The normalized spacial score (nSPS) is 10.8. The Morgan fingerprint density at radius 1 is 1.00 bits per heavy atom. The van der Waals surface area contributed by atoms with Gasteiger partial charge in [-0.25, -0.2) is 9.52 Å². The second-order valence-corrected chi connectivity index (χ2v) is 6.34. The zero-order valence-corrected chi connectivity index (χ0v) is 14.7. The first kappa shape index (κ1) is 23.5. The number of ether oxygens (including phenoxy) is 1. The lowest BCUT2D eigenvalue weighted by molar-refractivity contribution is -0.139. The van der Waals surface area contributed by atoms with Crippen molar-refractivity contribution in [1.82, 2.24) is 14.3 Å². The van der Waals surface area contributed by atoms with Crippen molar-refractivity contribution in [3.05, 3.63) is 0 Å². The van der Waals surface area contributed by atoms with Crippen LogP contribution in [0.15, 0.2) is 0 Å². The number of nitrogens with zero attached hydrogens (tertiary/aromatic N) is 1. The van der Waals surface area contributed by atoms with E-state index >= 15 is 0 Å². The summed E-state index contributed by atoms with van der Waals surface area (Å²) in [5.41, 5.74) is 5.08. The zero-order valence-electron chi connectivity index (χ0n) is 13.8. The summed E-state index contributed by atoms with van der Waals surface area (Å²) >= 11 is 0. The number of hydrogen-bond acceptors (Lipinski definition) is 8. The van der Waals surface area contributed by atoms with Crippen LogP contribution in [0, 0.1) is 0 Å². The highest BCUT2D eigenvalue weighted by Gasteiger charge is 2.18. The van der Waals surface area contributed by atoms with Crippen LogP contribution in [0.3, 0.4) is 0 Å². The SMILES string of the molecule is NCCOC(=O)NS(=O)(=O)NCCC(=O)N(CCC(=O)O)CCC(=O)O. The summed E-state index contributed by atoms with van der Waals surface area (Å²) in [6.07, 6.45) is -2.37. The van der Waals surface area contributed by atoms with Gasteiger partial charge in [-0.1, -0.05) is 0 Å². The van der Waals surface area contributed by atoms with Crippen LogP contribution < -0.4 is 15.2 Å². The molecule has 0 saturated carbocycles. The quantitative estimate of drug-likeness (QED) is 0.224. The van der Waals surface area contributed by atoms with Crippen LogP contribution in [0.5, 0.6) is 0 Å². The summed E-state index contributed by atoms with van der Waals surface area (Å²) in [4.78, 5) is 45.3. The molecule has 0 aliphatic heterocycles. The van der Waals surface area contributed by atoms with Crippen LogP contribution in [-0.2, 0) is 29.3 Å². The number of nitrogens with two attached hydrogens (primary N) is 1. The predicted octanol–water partition coefficient (Wildman–Crippen LogP) is -2.33. The molecule has 0 radical (unpaired) electrons. The van der Waals surface area contributed by atoms with E-state index < -0.39 is 40.7 Å². The number of nitrogens with one attached hydrogen (secondary N) is 2. The lowest BCUT2D eigenvalue weighted by Gasteiger charge is -2.21. The molecule has 0 aliphatic carbocycles. The van der Waals surface area contributed by atoms with Gasteiger partial charge in [0.1, 0.15) is 6.61 Å². The van der Waals surface area contributed by atoms with Crippen molar-refractivity contribution in [3.8, 4) is 0 Å². The van der Waals surface area contributed by atoms with Gasteiger partial charge in [0.25, 0.3) is 0 Å². The van der Waals surface area contributed by atoms with Gasteiger partial charge in [-0.2, -0.15) is 13.1 Å². The van der Waals surface area contributed by atoms with Crippen LogP contribution in [0.2, 0.25) is 0 Å². The number of aliphatic carboxylic acids is 2. The highest BCUT2D eigenvalue weighted by molar-refractivity contribution is 7.88. The van der Waals surface area contributed by atoms with Crippen molar-refractivity contribution in [2.24, 2.45) is 5.73 Å². The fourth-order valence-electron chi connectivity index (χ4n) is 1.60. The molecule has 6 N–H and O–H groups in total. The molecule has 0 heterocycles. The van der Waals surface area contributed by atoms with Crippen LogP contribution in [0.1, 0.15) is 19.3 Å². The van der Waals surface area contributed by atoms with Gasteiger partial charge in [-0.15, -0.1) is 0 Å². The second kappa shape index (κ2) is 12.0. The first-order valence-corrected chi connectivity index (χ1v) is 8.91. The summed E-state index contributed by atoms with van der Waals surface area (Å²) in [5, 5.41) is 17.3. The van der Waals surface area contributed by atoms with E-state index in [1.807, 2.05) is 4.72 Å². The largest absolute Gasteiger partial charge is 0.481 e. The highest BCUT2D eigenvalue weighted by atomic mass is 32.2. The Labute approximate surface area is 149 Å². The molecule has 0 fully saturated rings. The van der Waals surface area contributed by atoms with E-state index in [0.717, 1.165) is 4.90 Å². The molecule has 150 valence electrons. The Kier molecular flexibility index (Phi) is 10.9. The monoisotopic (exact) mass is 398 g/mol. The lowest BCUT2D eigenvalue weighted by Crippen LogP contribution is -2.43. The van der Waals surface area contributed by atoms with Gasteiger partial charge >= 0.3 is 28.2 Å². The molecule has 0 bridgehead atoms. The first-order chi connectivity index (χ1) is 12.1. The van der Waals surface area contributed by atoms with Gasteiger partial charge in [0.15, 0.2) is 0 Å². The van der Waals surface area contributed by atoms with Crippen molar-refractivity contribution in [1.29, 1.82) is 0 Å². The van der Waals surface area contributed by atoms with Crippen LogP contribution in [0.25, 0.3) is 0 Å². The summed E-state index contributed by atoms with van der Waals surface area (Å²) in [7, 11) is -4.26. The molecule has 0 saturated heterocycles. The minimum absolute atomic E-state index is 0.0118. The van der Waals surface area contributed by atoms with E-state index in [1.54, 1.807) is 0 Å². The van der Waals surface area contributed by atoms with Crippen LogP contribution in [0.4, 0.5) is 4.79 Å². The molecule has 26 heavy (non-hydrogen) atoms. The molecule has 0 unspecified atom stereocenters. The molecular formula is C12H22N4O9S. The molecule has 0 aromatic rings. The van der Waals surface area contributed by atoms with Crippen molar-refractivity contribution >= 4 is 34.1 Å². The maximum absolute atomic E-state index is 12.0. The molecular weight excluding hydrogens is 376 g/mol. The van der Waals surface area contributed by atoms with Crippen molar-refractivity contribution in [2.75, 3.05) is 32.8 Å². The topological polar surface area (TPSA) is 205 Å². The molecule has 0 aromatic carbocycles. The average Bonchev–Trinajstić information content (AvgIpc) is 2.51. The Bertz CT molecular complexity index is 590. The fraction of sp³-hybridized carbons (Fsp3) is 0.667. The molecule has 13 nitrogen and oxygen atoms in total. The Balaban J connectivity index is 4.48. The molecule has 0 aliphatic rings. The lowest BCUT2D eigenvalue weighted by atomic mass is 10.3. The maximum Gasteiger partial charge on any atom is 0.421 e. The summed E-state index contributed by atoms with van der Waals surface area (Å²) in [6.45, 7) is -0.982. The van der Waals surface area contributed by atoms with Crippen molar-refractivity contribution < 1.29 is 42.5 Å². The van der Waals surface area contributed by atoms with Crippen LogP contribution >= 0.6 is 0 Å². The smallest absolute Gasteiger partial charge is 0.421 e. The number of amides is 2. The van der Waals surface area contributed by atoms with Gasteiger partial charge in [0.05, 0.1) is 12.8 Å². The van der Waals surface area contributed by atoms with E-state index in [1.165, 1.54) is 4.72 Å². The average molecular weight is 398 g/mol. The Morgan fingerprint density at radius 2 is 1.54 bits per heavy atom. The molecule has 14 heteroatoms. The Hall–Kier alpha value is -2.45. The molecule has 0 spiro atoms. The predicted molar refractivity (Wildman–Crippen MR) is 86.2 cm³/mol. The number of carbonyl (C=O) groups is 4. The summed E-state index contributed by atoms with van der Waals surface area (Å²) in [6, 6.07) is 0. The van der Waals surface area contributed by atoms with Gasteiger partial charge in [0, 0.05) is 32.6 Å². The van der Waals surface area contributed by atoms with E-state index in [-0.39, 0.29) is 45.5 Å². The number of carboxylic acids is 2. The van der Waals surface area contributed by atoms with E-state index in [9.17, 15) is 27.6 Å². The molecule has 2 amide bonds. The number of carboxylic acid groups (broad SMARTS) is 2. The minimum atomic E-state index is -4.26. The maximum atomic E-state index is 12.0. The third-order valence-corrected chi connectivity index (χ3v) is 3.76. The van der Waals surface area contributed by atoms with Crippen LogP contribution in [-0.4, -0.2) is 80.3 Å². The van der Waals surface area contributed by atoms with Crippen molar-refractivity contribution in [3.63, 3.8) is 0 Å². The standard InChI is InChI=1S/C12H22N4O9S/c13-4-8-25-12(22)15-26(23,24)14-5-1-9(17)16(6-2-10(18)19)7-3-11(20)21/h14H,1-8,13H2,(H,15,22)(H,18,19)(H,20,21). The molecule has 0 aromatic heterocycles. The fourth-order valence-corrected chi connectivity index (χ4v) is 2.32. The van der Waals surface area contributed by atoms with Gasteiger partial charge in [0.2, 0.25) is 5.91 Å². The molecule has 0 rings (SSSR count). The summed E-state index contributed by atoms with van der Waals surface area (Å²) in [5.74, 6) is -2.97. The minimum Gasteiger partial charge on any atom is -0.481 e. The molecule has 0 atom stereocenters. The number of rotatable bonds is 13. The van der Waals surface area contributed by atoms with E-state index in [2.05, 4.69) is 4.74 Å².